The van der Waals surface area contributed by atoms with Crippen molar-refractivity contribution in [1.29, 1.82) is 0 Å². The average molecular weight is 365 g/mol. The molecule has 2 aromatic carbocycles. The topological polar surface area (TPSA) is 69.6 Å². The van der Waals surface area contributed by atoms with Gasteiger partial charge in [0.2, 0.25) is 0 Å². The van der Waals surface area contributed by atoms with Crippen molar-refractivity contribution >= 4 is 33.2 Å². The first-order valence-corrected chi connectivity index (χ1v) is 7.33. The van der Waals surface area contributed by atoms with Crippen LogP contribution in [0.1, 0.15) is 5.56 Å². The lowest BCUT2D eigenvalue weighted by Gasteiger charge is -2.08. The van der Waals surface area contributed by atoms with Crippen LogP contribution in [0.15, 0.2) is 40.9 Å². The molecule has 0 aliphatic heterocycles. The number of aryl methyl sites for hydroxylation is 1. The smallest absolute Gasteiger partial charge is 0.187 e. The standard InChI is InChI=1S/C14H11BrClN5/c1-8-2-5-13(10(15)6-8)21-14(18-19-20-21)9-3-4-11(16)12(17)7-9/h2-7H,17H2,1H3. The third kappa shape index (κ3) is 2.64. The quantitative estimate of drug-likeness (QED) is 0.705. The molecule has 0 aliphatic carbocycles. The summed E-state index contributed by atoms with van der Waals surface area (Å²) in [6.07, 6.45) is 0. The van der Waals surface area contributed by atoms with Crippen molar-refractivity contribution in [3.05, 3.63) is 51.5 Å². The highest BCUT2D eigenvalue weighted by molar-refractivity contribution is 9.10. The number of aromatic nitrogens is 4. The van der Waals surface area contributed by atoms with E-state index >= 15 is 0 Å². The number of hydrogen-bond donors (Lipinski definition) is 1. The molecule has 3 aromatic rings. The van der Waals surface area contributed by atoms with Crippen LogP contribution < -0.4 is 5.73 Å². The minimum atomic E-state index is 0.492. The van der Waals surface area contributed by atoms with Crippen molar-refractivity contribution in [3.8, 4) is 17.1 Å². The molecule has 0 radical (unpaired) electrons. The van der Waals surface area contributed by atoms with Crippen LogP contribution in [0.5, 0.6) is 0 Å². The van der Waals surface area contributed by atoms with Gasteiger partial charge < -0.3 is 5.73 Å². The summed E-state index contributed by atoms with van der Waals surface area (Å²) in [5.41, 5.74) is 9.14. The molecule has 21 heavy (non-hydrogen) atoms. The number of benzene rings is 2. The average Bonchev–Trinajstić information content (AvgIpc) is 2.91. The van der Waals surface area contributed by atoms with Gasteiger partial charge in [0.05, 0.1) is 16.4 Å². The van der Waals surface area contributed by atoms with Gasteiger partial charge in [0.25, 0.3) is 0 Å². The Labute approximate surface area is 134 Å². The van der Waals surface area contributed by atoms with Gasteiger partial charge >= 0.3 is 0 Å². The highest BCUT2D eigenvalue weighted by Crippen LogP contribution is 2.28. The zero-order valence-electron chi connectivity index (χ0n) is 11.1. The number of tetrazole rings is 1. The monoisotopic (exact) mass is 363 g/mol. The lowest BCUT2D eigenvalue weighted by molar-refractivity contribution is 0.788. The van der Waals surface area contributed by atoms with E-state index in [2.05, 4.69) is 31.5 Å². The van der Waals surface area contributed by atoms with Crippen molar-refractivity contribution in [1.82, 2.24) is 20.2 Å². The Bertz CT molecular complexity index is 815. The molecule has 0 spiro atoms. The Morgan fingerprint density at radius 1 is 1.19 bits per heavy atom. The zero-order chi connectivity index (χ0) is 15.0. The maximum absolute atomic E-state index is 5.95. The van der Waals surface area contributed by atoms with Gasteiger partial charge in [-0.1, -0.05) is 17.7 Å². The van der Waals surface area contributed by atoms with E-state index in [1.807, 2.05) is 31.2 Å². The molecule has 0 bridgehead atoms. The zero-order valence-corrected chi connectivity index (χ0v) is 13.4. The van der Waals surface area contributed by atoms with Crippen LogP contribution in [0.2, 0.25) is 5.02 Å². The Hall–Kier alpha value is -1.92. The number of nitrogens with two attached hydrogens (primary N) is 1. The fourth-order valence-corrected chi connectivity index (χ4v) is 2.77. The molecule has 0 unspecified atom stereocenters. The molecule has 0 aliphatic rings. The van der Waals surface area contributed by atoms with Gasteiger partial charge in [-0.2, -0.15) is 4.68 Å². The second-order valence-electron chi connectivity index (χ2n) is 4.61. The maximum Gasteiger partial charge on any atom is 0.187 e. The predicted molar refractivity (Wildman–Crippen MR) is 86.4 cm³/mol. The molecule has 7 heteroatoms. The van der Waals surface area contributed by atoms with Crippen molar-refractivity contribution in [2.45, 2.75) is 6.92 Å². The molecule has 5 nitrogen and oxygen atoms in total. The minimum Gasteiger partial charge on any atom is -0.398 e. The first kappa shape index (κ1) is 14.0. The number of rotatable bonds is 2. The van der Waals surface area contributed by atoms with Crippen LogP contribution in [-0.2, 0) is 0 Å². The van der Waals surface area contributed by atoms with E-state index in [4.69, 9.17) is 17.3 Å². The summed E-state index contributed by atoms with van der Waals surface area (Å²) in [6, 6.07) is 11.3. The lowest BCUT2D eigenvalue weighted by atomic mass is 10.2. The second kappa shape index (κ2) is 5.46. The summed E-state index contributed by atoms with van der Waals surface area (Å²) >= 11 is 9.49. The number of anilines is 1. The number of halogens is 2. The Morgan fingerprint density at radius 3 is 2.71 bits per heavy atom. The molecular weight excluding hydrogens is 354 g/mol. The molecule has 106 valence electrons. The highest BCUT2D eigenvalue weighted by Gasteiger charge is 2.14. The third-order valence-electron chi connectivity index (χ3n) is 3.06. The molecular formula is C14H11BrClN5. The van der Waals surface area contributed by atoms with Crippen LogP contribution >= 0.6 is 27.5 Å². The van der Waals surface area contributed by atoms with Crippen molar-refractivity contribution in [2.24, 2.45) is 0 Å². The Kier molecular flexibility index (Phi) is 3.65. The summed E-state index contributed by atoms with van der Waals surface area (Å²) in [5, 5.41) is 12.4. The van der Waals surface area contributed by atoms with Crippen LogP contribution in [0.25, 0.3) is 17.1 Å². The van der Waals surface area contributed by atoms with E-state index in [1.165, 1.54) is 0 Å². The minimum absolute atomic E-state index is 0.492. The molecule has 1 heterocycles. The molecule has 0 fully saturated rings. The summed E-state index contributed by atoms with van der Waals surface area (Å²) in [7, 11) is 0. The Morgan fingerprint density at radius 2 is 2.00 bits per heavy atom. The highest BCUT2D eigenvalue weighted by atomic mass is 79.9. The fourth-order valence-electron chi connectivity index (χ4n) is 2.00. The first-order chi connectivity index (χ1) is 10.1. The van der Waals surface area contributed by atoms with Gasteiger partial charge in [-0.25, -0.2) is 0 Å². The first-order valence-electron chi connectivity index (χ1n) is 6.16. The van der Waals surface area contributed by atoms with Gasteiger partial charge in [0, 0.05) is 10.0 Å². The van der Waals surface area contributed by atoms with E-state index in [0.717, 1.165) is 21.3 Å². The molecule has 0 saturated carbocycles. The molecule has 1 aromatic heterocycles. The van der Waals surface area contributed by atoms with Crippen molar-refractivity contribution in [2.75, 3.05) is 5.73 Å². The van der Waals surface area contributed by atoms with Gasteiger partial charge in [-0.3, -0.25) is 0 Å². The van der Waals surface area contributed by atoms with Crippen LogP contribution in [-0.4, -0.2) is 20.2 Å². The van der Waals surface area contributed by atoms with Crippen molar-refractivity contribution < 1.29 is 0 Å². The third-order valence-corrected chi connectivity index (χ3v) is 4.03. The fraction of sp³-hybridized carbons (Fsp3) is 0.0714. The van der Waals surface area contributed by atoms with Gasteiger partial charge in [0.1, 0.15) is 0 Å². The summed E-state index contributed by atoms with van der Waals surface area (Å²) in [5.74, 6) is 0.600. The summed E-state index contributed by atoms with van der Waals surface area (Å²) < 4.78 is 2.57. The maximum atomic E-state index is 5.95. The predicted octanol–water partition coefficient (Wildman–Crippen LogP) is 3.64. The summed E-state index contributed by atoms with van der Waals surface area (Å²) in [4.78, 5) is 0. The van der Waals surface area contributed by atoms with Crippen LogP contribution in [0, 0.1) is 6.92 Å². The molecule has 2 N–H and O–H groups in total. The van der Waals surface area contributed by atoms with E-state index in [9.17, 15) is 0 Å². The van der Waals surface area contributed by atoms with Crippen LogP contribution in [0.4, 0.5) is 5.69 Å². The molecule has 0 amide bonds. The summed E-state index contributed by atoms with van der Waals surface area (Å²) in [6.45, 7) is 2.02. The Balaban J connectivity index is 2.14. The normalized spacial score (nSPS) is 10.8. The van der Waals surface area contributed by atoms with Gasteiger partial charge in [-0.15, -0.1) is 5.10 Å². The van der Waals surface area contributed by atoms with Crippen molar-refractivity contribution in [3.63, 3.8) is 0 Å². The molecule has 3 rings (SSSR count). The second-order valence-corrected chi connectivity index (χ2v) is 5.87. The van der Waals surface area contributed by atoms with Gasteiger partial charge in [-0.05, 0) is 69.2 Å². The SMILES string of the molecule is Cc1ccc(-n2nnnc2-c2ccc(Cl)c(N)c2)c(Br)c1. The largest absolute Gasteiger partial charge is 0.398 e. The van der Waals surface area contributed by atoms with E-state index < -0.39 is 0 Å². The van der Waals surface area contributed by atoms with E-state index in [1.54, 1.807) is 16.8 Å². The molecule has 0 atom stereocenters. The van der Waals surface area contributed by atoms with Crippen LogP contribution in [0.3, 0.4) is 0 Å². The number of hydrogen-bond acceptors (Lipinski definition) is 4. The number of nitrogen functional groups attached to an aromatic ring is 1. The molecule has 0 saturated heterocycles. The lowest BCUT2D eigenvalue weighted by Crippen LogP contribution is -2.01. The number of nitrogens with zero attached hydrogens (tertiary/aromatic N) is 4. The van der Waals surface area contributed by atoms with Gasteiger partial charge in [0.15, 0.2) is 5.82 Å². The van der Waals surface area contributed by atoms with E-state index in [0.29, 0.717) is 16.5 Å². The van der Waals surface area contributed by atoms with E-state index in [-0.39, 0.29) is 0 Å².